The van der Waals surface area contributed by atoms with E-state index in [2.05, 4.69) is 0 Å². The molecule has 2 rings (SSSR count). The minimum absolute atomic E-state index is 0.667. The summed E-state index contributed by atoms with van der Waals surface area (Å²) in [6, 6.07) is 0. The first-order chi connectivity index (χ1) is 10.8. The maximum absolute atomic E-state index is 9.94. The lowest BCUT2D eigenvalue weighted by Crippen LogP contribution is -2.64. The van der Waals surface area contributed by atoms with Crippen molar-refractivity contribution in [1.29, 1.82) is 0 Å². The predicted octanol–water partition coefficient (Wildman–Crippen LogP) is -5.40. The molecule has 2 aliphatic rings. The molecule has 0 amide bonds. The number of aliphatic hydroxyl groups excluding tert-OH is 8. The van der Waals surface area contributed by atoms with Gasteiger partial charge in [0.25, 0.3) is 0 Å². The van der Waals surface area contributed by atoms with Crippen molar-refractivity contribution in [2.24, 2.45) is 0 Å². The van der Waals surface area contributed by atoms with Gasteiger partial charge in [-0.05, 0) is 0 Å². The van der Waals surface area contributed by atoms with Crippen molar-refractivity contribution >= 4 is 0 Å². The molecule has 0 spiro atoms. The van der Waals surface area contributed by atoms with Gasteiger partial charge in [0.1, 0.15) is 48.8 Å². The van der Waals surface area contributed by atoms with Crippen LogP contribution in [0.25, 0.3) is 0 Å². The van der Waals surface area contributed by atoms with Crippen LogP contribution < -0.4 is 0 Å². The summed E-state index contributed by atoms with van der Waals surface area (Å²) in [5, 5.41) is 76.5. The smallest absolute Gasteiger partial charge is 0.187 e. The molecule has 11 heteroatoms. The van der Waals surface area contributed by atoms with Crippen LogP contribution in [0.3, 0.4) is 0 Å². The van der Waals surface area contributed by atoms with E-state index in [1.54, 1.807) is 0 Å². The molecule has 23 heavy (non-hydrogen) atoms. The van der Waals surface area contributed by atoms with Crippen molar-refractivity contribution in [3.63, 3.8) is 0 Å². The zero-order chi connectivity index (χ0) is 17.3. The molecular formula is C12H22O11. The van der Waals surface area contributed by atoms with Crippen molar-refractivity contribution in [1.82, 2.24) is 0 Å². The molecule has 2 aliphatic heterocycles. The summed E-state index contributed by atoms with van der Waals surface area (Å²) < 4.78 is 15.3. The van der Waals surface area contributed by atoms with Crippen molar-refractivity contribution in [3.05, 3.63) is 0 Å². The Morgan fingerprint density at radius 2 is 1.26 bits per heavy atom. The first kappa shape index (κ1) is 18.9. The third-order valence-corrected chi connectivity index (χ3v) is 3.98. The zero-order valence-corrected chi connectivity index (χ0v) is 12.0. The molecule has 0 radical (unpaired) electrons. The van der Waals surface area contributed by atoms with Gasteiger partial charge in [0.05, 0.1) is 13.2 Å². The first-order valence-corrected chi connectivity index (χ1v) is 7.08. The average Bonchev–Trinajstić information content (AvgIpc) is 2.55. The summed E-state index contributed by atoms with van der Waals surface area (Å²) in [5.74, 6) is 0. The summed E-state index contributed by atoms with van der Waals surface area (Å²) in [7, 11) is 0. The van der Waals surface area contributed by atoms with E-state index in [0.29, 0.717) is 0 Å². The van der Waals surface area contributed by atoms with Gasteiger partial charge >= 0.3 is 0 Å². The van der Waals surface area contributed by atoms with Gasteiger partial charge in [0, 0.05) is 0 Å². The highest BCUT2D eigenvalue weighted by atomic mass is 16.7. The number of hydrogen-bond donors (Lipinski definition) is 8. The molecule has 2 heterocycles. The van der Waals surface area contributed by atoms with Gasteiger partial charge in [0.2, 0.25) is 0 Å². The van der Waals surface area contributed by atoms with Gasteiger partial charge in [-0.1, -0.05) is 0 Å². The van der Waals surface area contributed by atoms with E-state index in [4.69, 9.17) is 19.3 Å². The topological polar surface area (TPSA) is 190 Å². The van der Waals surface area contributed by atoms with E-state index in [1.807, 2.05) is 0 Å². The van der Waals surface area contributed by atoms with Crippen LogP contribution in [0.4, 0.5) is 0 Å². The molecule has 11 nitrogen and oxygen atoms in total. The van der Waals surface area contributed by atoms with Crippen molar-refractivity contribution in [2.45, 2.75) is 61.4 Å². The summed E-state index contributed by atoms with van der Waals surface area (Å²) in [4.78, 5) is 0. The number of hydrogen-bond acceptors (Lipinski definition) is 11. The molecule has 10 atom stereocenters. The summed E-state index contributed by atoms with van der Waals surface area (Å²) >= 11 is 0. The minimum atomic E-state index is -1.74. The molecule has 136 valence electrons. The van der Waals surface area contributed by atoms with Crippen LogP contribution in [0, 0.1) is 0 Å². The fraction of sp³-hybridized carbons (Fsp3) is 1.00. The second-order valence-electron chi connectivity index (χ2n) is 5.53. The summed E-state index contributed by atoms with van der Waals surface area (Å²) in [6.45, 7) is -1.35. The lowest BCUT2D eigenvalue weighted by molar-refractivity contribution is -0.355. The van der Waals surface area contributed by atoms with Crippen LogP contribution in [0.2, 0.25) is 0 Å². The second kappa shape index (κ2) is 7.63. The van der Waals surface area contributed by atoms with E-state index in [0.717, 1.165) is 0 Å². The molecule has 8 N–H and O–H groups in total. The Hall–Kier alpha value is -0.440. The Balaban J connectivity index is 2.11. The SMILES string of the molecule is OC[C@@H]1O[C@H](O[C@H]2[C@@H](O)[C@@H](O)[C@H](O)O[C@@H]2CO)[C@@H](O)[C@@H](O)[C@@H]1O. The largest absolute Gasteiger partial charge is 0.394 e. The van der Waals surface area contributed by atoms with Gasteiger partial charge in [-0.25, -0.2) is 0 Å². The van der Waals surface area contributed by atoms with Crippen molar-refractivity contribution < 1.29 is 55.1 Å². The third kappa shape index (κ3) is 3.65. The molecule has 2 saturated heterocycles. The highest BCUT2D eigenvalue weighted by Gasteiger charge is 2.50. The van der Waals surface area contributed by atoms with Crippen LogP contribution in [0.5, 0.6) is 0 Å². The highest BCUT2D eigenvalue weighted by molar-refractivity contribution is 4.93. The molecule has 0 aromatic rings. The van der Waals surface area contributed by atoms with Crippen LogP contribution >= 0.6 is 0 Å². The Morgan fingerprint density at radius 3 is 1.83 bits per heavy atom. The lowest BCUT2D eigenvalue weighted by atomic mass is 9.97. The number of ether oxygens (including phenoxy) is 3. The molecule has 0 aromatic heterocycles. The first-order valence-electron chi connectivity index (χ1n) is 7.08. The Labute approximate surface area is 130 Å². The van der Waals surface area contributed by atoms with Gasteiger partial charge in [-0.3, -0.25) is 0 Å². The molecule has 0 aromatic carbocycles. The van der Waals surface area contributed by atoms with E-state index in [9.17, 15) is 35.7 Å². The molecule has 0 aliphatic carbocycles. The molecule has 0 bridgehead atoms. The summed E-state index contributed by atoms with van der Waals surface area (Å²) in [6.07, 6.45) is -15.6. The maximum Gasteiger partial charge on any atom is 0.187 e. The second-order valence-corrected chi connectivity index (χ2v) is 5.53. The molecule has 2 fully saturated rings. The predicted molar refractivity (Wildman–Crippen MR) is 68.6 cm³/mol. The standard InChI is InChI=1S/C12H22O11/c13-1-3-5(15)6(16)9(19)12(22-3)23-10-4(2-14)21-11(20)8(18)7(10)17/h3-20H,1-2H2/t3-,4+,5+,6-,7-,8+,9-,10+,11+,12+/m0/s1. The average molecular weight is 342 g/mol. The normalized spacial score (nSPS) is 51.7. The number of aliphatic hydroxyl groups is 8. The summed E-state index contributed by atoms with van der Waals surface area (Å²) in [5.41, 5.74) is 0. The van der Waals surface area contributed by atoms with Crippen LogP contribution in [-0.4, -0.2) is 115 Å². The third-order valence-electron chi connectivity index (χ3n) is 3.98. The molecule has 0 unspecified atom stereocenters. The quantitative estimate of drug-likeness (QED) is 0.243. The van der Waals surface area contributed by atoms with Gasteiger partial charge in [-0.15, -0.1) is 0 Å². The number of rotatable bonds is 4. The van der Waals surface area contributed by atoms with Crippen molar-refractivity contribution in [3.8, 4) is 0 Å². The van der Waals surface area contributed by atoms with Crippen LogP contribution in [0.15, 0.2) is 0 Å². The minimum Gasteiger partial charge on any atom is -0.394 e. The van der Waals surface area contributed by atoms with Gasteiger partial charge < -0.3 is 55.1 Å². The van der Waals surface area contributed by atoms with Crippen LogP contribution in [-0.2, 0) is 14.2 Å². The Bertz CT molecular complexity index is 378. The fourth-order valence-electron chi connectivity index (χ4n) is 2.57. The Morgan fingerprint density at radius 1 is 0.652 bits per heavy atom. The van der Waals surface area contributed by atoms with Crippen LogP contribution in [0.1, 0.15) is 0 Å². The molecule has 0 saturated carbocycles. The van der Waals surface area contributed by atoms with Gasteiger partial charge in [-0.2, -0.15) is 0 Å². The molecular weight excluding hydrogens is 320 g/mol. The highest BCUT2D eigenvalue weighted by Crippen LogP contribution is 2.28. The Kier molecular flexibility index (Phi) is 6.27. The van der Waals surface area contributed by atoms with E-state index in [-0.39, 0.29) is 0 Å². The lowest BCUT2D eigenvalue weighted by Gasteiger charge is -2.45. The van der Waals surface area contributed by atoms with E-state index in [1.165, 1.54) is 0 Å². The zero-order valence-electron chi connectivity index (χ0n) is 12.0. The monoisotopic (exact) mass is 342 g/mol. The van der Waals surface area contributed by atoms with E-state index < -0.39 is 74.6 Å². The fourth-order valence-corrected chi connectivity index (χ4v) is 2.57. The van der Waals surface area contributed by atoms with E-state index >= 15 is 0 Å². The maximum atomic E-state index is 9.94. The van der Waals surface area contributed by atoms with Crippen molar-refractivity contribution in [2.75, 3.05) is 13.2 Å². The van der Waals surface area contributed by atoms with Gasteiger partial charge in [0.15, 0.2) is 12.6 Å².